The van der Waals surface area contributed by atoms with Gasteiger partial charge in [-0.15, -0.1) is 0 Å². The summed E-state index contributed by atoms with van der Waals surface area (Å²) in [6.07, 6.45) is 19.8. The van der Waals surface area contributed by atoms with Crippen molar-refractivity contribution in [2.24, 2.45) is 46.8 Å². The third-order valence-corrected chi connectivity index (χ3v) is 9.94. The van der Waals surface area contributed by atoms with Gasteiger partial charge in [0.2, 0.25) is 0 Å². The first-order chi connectivity index (χ1) is 12.1. The van der Waals surface area contributed by atoms with Gasteiger partial charge in [-0.25, -0.2) is 0 Å². The number of unbranched alkanes of at least 4 members (excludes halogenated alkanes) is 2. The van der Waals surface area contributed by atoms with Crippen molar-refractivity contribution in [2.45, 2.75) is 97.3 Å². The van der Waals surface area contributed by atoms with E-state index in [-0.39, 0.29) is 0 Å². The Morgan fingerprint density at radius 3 is 2.52 bits per heavy atom. The first-order valence-electron chi connectivity index (χ1n) is 11.7. The minimum absolute atomic E-state index is 0.705. The average molecular weight is 363 g/mol. The predicted molar refractivity (Wildman–Crippen MR) is 112 cm³/mol. The largest absolute Gasteiger partial charge is 0.179 e. The van der Waals surface area contributed by atoms with Gasteiger partial charge in [0, 0.05) is 0 Å². The van der Waals surface area contributed by atoms with E-state index in [9.17, 15) is 0 Å². The molecular formula is C24H42S. The van der Waals surface area contributed by atoms with Crippen LogP contribution in [-0.4, -0.2) is 5.75 Å². The van der Waals surface area contributed by atoms with Crippen molar-refractivity contribution in [3.8, 4) is 0 Å². The summed E-state index contributed by atoms with van der Waals surface area (Å²) in [5, 5.41) is 0. The first-order valence-corrected chi connectivity index (χ1v) is 12.4. The number of rotatable bonds is 5. The molecule has 0 saturated heterocycles. The Labute approximate surface area is 162 Å². The minimum atomic E-state index is 0.705. The Morgan fingerprint density at radius 2 is 1.68 bits per heavy atom. The molecule has 4 fully saturated rings. The summed E-state index contributed by atoms with van der Waals surface area (Å²) < 4.78 is 0. The standard InChI is InChI=1S/C24H42S/c1-17-7-10-20-18(16-17)8-11-22-21(20)13-14-24(2)19(9-12-23(22)24)6-4-3-5-15-25/h17-23,25H,3-16H2,1-2H3. The van der Waals surface area contributed by atoms with Crippen LogP contribution in [0.2, 0.25) is 0 Å². The summed E-state index contributed by atoms with van der Waals surface area (Å²) in [7, 11) is 0. The van der Waals surface area contributed by atoms with Crippen LogP contribution in [0.15, 0.2) is 0 Å². The Hall–Kier alpha value is 0.350. The highest BCUT2D eigenvalue weighted by atomic mass is 32.1. The second-order valence-corrected chi connectivity index (χ2v) is 11.2. The van der Waals surface area contributed by atoms with E-state index in [1.54, 1.807) is 51.4 Å². The molecule has 8 atom stereocenters. The van der Waals surface area contributed by atoms with Gasteiger partial charge in [0.15, 0.2) is 0 Å². The summed E-state index contributed by atoms with van der Waals surface area (Å²) in [6.45, 7) is 5.23. The molecule has 4 rings (SSSR count). The van der Waals surface area contributed by atoms with E-state index in [4.69, 9.17) is 0 Å². The molecule has 0 amide bonds. The SMILES string of the molecule is CC1CCC2C(CCC3C2CCC2(C)C(CCCCCS)CCC32)C1. The maximum atomic E-state index is 4.39. The first kappa shape index (κ1) is 18.7. The molecule has 0 spiro atoms. The van der Waals surface area contributed by atoms with Crippen LogP contribution >= 0.6 is 12.6 Å². The third-order valence-electron chi connectivity index (χ3n) is 9.62. The average Bonchev–Trinajstić information content (AvgIpc) is 2.95. The van der Waals surface area contributed by atoms with Crippen molar-refractivity contribution in [2.75, 3.05) is 5.75 Å². The summed E-state index contributed by atoms with van der Waals surface area (Å²) in [4.78, 5) is 0. The molecule has 0 nitrogen and oxygen atoms in total. The van der Waals surface area contributed by atoms with Gasteiger partial charge in [0.1, 0.15) is 0 Å². The molecule has 0 aromatic carbocycles. The summed E-state index contributed by atoms with van der Waals surface area (Å²) in [5.41, 5.74) is 0.705. The number of hydrogen-bond donors (Lipinski definition) is 1. The van der Waals surface area contributed by atoms with E-state index in [0.29, 0.717) is 5.41 Å². The van der Waals surface area contributed by atoms with Crippen LogP contribution in [0.3, 0.4) is 0 Å². The molecule has 0 aromatic heterocycles. The molecule has 4 saturated carbocycles. The Balaban J connectivity index is 1.41. The monoisotopic (exact) mass is 362 g/mol. The van der Waals surface area contributed by atoms with Crippen LogP contribution in [-0.2, 0) is 0 Å². The normalized spacial score (nSPS) is 49.3. The Bertz CT molecular complexity index is 445. The molecule has 4 aliphatic rings. The lowest BCUT2D eigenvalue weighted by molar-refractivity contribution is -0.0679. The highest BCUT2D eigenvalue weighted by Crippen LogP contribution is 2.65. The summed E-state index contributed by atoms with van der Waals surface area (Å²) in [6, 6.07) is 0. The smallest absolute Gasteiger partial charge is 0.00979 e. The molecular weight excluding hydrogens is 320 g/mol. The lowest BCUT2D eigenvalue weighted by Gasteiger charge is -2.56. The highest BCUT2D eigenvalue weighted by molar-refractivity contribution is 7.80. The second kappa shape index (κ2) is 7.76. The Kier molecular flexibility index (Phi) is 5.81. The molecule has 1 heteroatoms. The van der Waals surface area contributed by atoms with Gasteiger partial charge in [-0.1, -0.05) is 33.1 Å². The second-order valence-electron chi connectivity index (χ2n) is 10.7. The van der Waals surface area contributed by atoms with Crippen LogP contribution in [0.4, 0.5) is 0 Å². The van der Waals surface area contributed by atoms with E-state index in [0.717, 1.165) is 47.2 Å². The van der Waals surface area contributed by atoms with Crippen molar-refractivity contribution in [3.63, 3.8) is 0 Å². The van der Waals surface area contributed by atoms with Crippen molar-refractivity contribution in [1.82, 2.24) is 0 Å². The number of hydrogen-bond acceptors (Lipinski definition) is 1. The van der Waals surface area contributed by atoms with Gasteiger partial charge in [0.05, 0.1) is 0 Å². The topological polar surface area (TPSA) is 0 Å². The zero-order valence-corrected chi connectivity index (χ0v) is 17.8. The molecule has 8 unspecified atom stereocenters. The number of fused-ring (bicyclic) bond motifs is 5. The quantitative estimate of drug-likeness (QED) is 0.383. The van der Waals surface area contributed by atoms with Crippen LogP contribution in [0, 0.1) is 46.8 Å². The van der Waals surface area contributed by atoms with Gasteiger partial charge >= 0.3 is 0 Å². The van der Waals surface area contributed by atoms with E-state index in [2.05, 4.69) is 26.5 Å². The maximum Gasteiger partial charge on any atom is -0.00979 e. The lowest BCUT2D eigenvalue weighted by Crippen LogP contribution is -2.48. The lowest BCUT2D eigenvalue weighted by atomic mass is 9.49. The predicted octanol–water partition coefficient (Wildman–Crippen LogP) is 7.38. The maximum absolute atomic E-state index is 4.39. The van der Waals surface area contributed by atoms with E-state index >= 15 is 0 Å². The fourth-order valence-electron chi connectivity index (χ4n) is 8.35. The van der Waals surface area contributed by atoms with Crippen LogP contribution < -0.4 is 0 Å². The third kappa shape index (κ3) is 3.45. The van der Waals surface area contributed by atoms with Crippen LogP contribution in [0.25, 0.3) is 0 Å². The van der Waals surface area contributed by atoms with Gasteiger partial charge in [-0.2, -0.15) is 12.6 Å². The molecule has 4 aliphatic carbocycles. The van der Waals surface area contributed by atoms with Crippen LogP contribution in [0.5, 0.6) is 0 Å². The number of thiol groups is 1. The molecule has 144 valence electrons. The van der Waals surface area contributed by atoms with E-state index in [1.165, 1.54) is 32.1 Å². The molecule has 0 radical (unpaired) electrons. The van der Waals surface area contributed by atoms with Gasteiger partial charge in [-0.05, 0) is 117 Å². The fraction of sp³-hybridized carbons (Fsp3) is 1.00. The molecule has 0 aliphatic heterocycles. The van der Waals surface area contributed by atoms with Crippen molar-refractivity contribution in [1.29, 1.82) is 0 Å². The van der Waals surface area contributed by atoms with Gasteiger partial charge < -0.3 is 0 Å². The van der Waals surface area contributed by atoms with Crippen molar-refractivity contribution < 1.29 is 0 Å². The molecule has 0 heterocycles. The van der Waals surface area contributed by atoms with E-state index < -0.39 is 0 Å². The summed E-state index contributed by atoms with van der Waals surface area (Å²) >= 11 is 4.39. The Morgan fingerprint density at radius 1 is 0.840 bits per heavy atom. The van der Waals surface area contributed by atoms with Gasteiger partial charge in [0.25, 0.3) is 0 Å². The molecule has 0 bridgehead atoms. The fourth-order valence-corrected chi connectivity index (χ4v) is 8.57. The zero-order chi connectivity index (χ0) is 17.4. The molecule has 25 heavy (non-hydrogen) atoms. The van der Waals surface area contributed by atoms with Crippen molar-refractivity contribution >= 4 is 12.6 Å². The highest BCUT2D eigenvalue weighted by Gasteiger charge is 2.56. The van der Waals surface area contributed by atoms with E-state index in [1.807, 2.05) is 0 Å². The van der Waals surface area contributed by atoms with Gasteiger partial charge in [-0.3, -0.25) is 0 Å². The van der Waals surface area contributed by atoms with Crippen LogP contribution in [0.1, 0.15) is 97.3 Å². The summed E-state index contributed by atoms with van der Waals surface area (Å²) in [5.74, 6) is 8.67. The molecule has 0 N–H and O–H groups in total. The molecule has 0 aromatic rings. The van der Waals surface area contributed by atoms with Crippen molar-refractivity contribution in [3.05, 3.63) is 0 Å². The minimum Gasteiger partial charge on any atom is -0.179 e. The zero-order valence-electron chi connectivity index (χ0n) is 16.9.